The summed E-state index contributed by atoms with van der Waals surface area (Å²) in [6, 6.07) is 7.57. The molecule has 0 aliphatic rings. The van der Waals surface area contributed by atoms with Gasteiger partial charge >= 0.3 is 13.5 Å². The highest BCUT2D eigenvalue weighted by molar-refractivity contribution is 6.47. The van der Waals surface area contributed by atoms with E-state index in [1.54, 1.807) is 20.7 Å². The zero-order chi connectivity index (χ0) is 17.3. The van der Waals surface area contributed by atoms with Gasteiger partial charge in [0.05, 0.1) is 18.3 Å². The van der Waals surface area contributed by atoms with Crippen LogP contribution in [0.5, 0.6) is 0 Å². The summed E-state index contributed by atoms with van der Waals surface area (Å²) in [7, 11) is 4.74. The first kappa shape index (κ1) is 17.6. The normalized spacial score (nSPS) is 12.4. The van der Waals surface area contributed by atoms with Crippen molar-refractivity contribution in [2.75, 3.05) is 14.2 Å². The molecule has 0 aliphatic carbocycles. The number of methoxy groups -OCH3 is 2. The fraction of sp³-hybridized carbons (Fsp3) is 0.471. The molecule has 123 valence electrons. The molecule has 0 bridgehead atoms. The number of aromatic nitrogens is 1. The molecule has 0 saturated carbocycles. The molecule has 0 spiro atoms. The van der Waals surface area contributed by atoms with Gasteiger partial charge in [0.1, 0.15) is 5.69 Å². The summed E-state index contributed by atoms with van der Waals surface area (Å²) in [4.78, 5) is 14.6. The molecule has 0 fully saturated rings. The number of H-pyrrole nitrogens is 1. The lowest BCUT2D eigenvalue weighted by molar-refractivity contribution is -0.114. The van der Waals surface area contributed by atoms with Crippen molar-refractivity contribution in [1.29, 1.82) is 0 Å². The minimum Gasteiger partial charge on any atom is -0.464 e. The van der Waals surface area contributed by atoms with Crippen LogP contribution in [0.4, 0.5) is 0 Å². The molecule has 5 nitrogen and oxygen atoms in total. The van der Waals surface area contributed by atoms with Gasteiger partial charge in [0.15, 0.2) is 0 Å². The number of fused-ring (bicyclic) bond motifs is 1. The third-order valence-corrected chi connectivity index (χ3v) is 4.50. The van der Waals surface area contributed by atoms with Gasteiger partial charge < -0.3 is 19.1 Å². The van der Waals surface area contributed by atoms with E-state index in [9.17, 15) is 4.79 Å². The number of benzene rings is 1. The highest BCUT2D eigenvalue weighted by Crippen LogP contribution is 2.27. The van der Waals surface area contributed by atoms with Crippen LogP contribution in [0.2, 0.25) is 0 Å². The standard InChI is InChI=1S/C17H23BNO4/c1-16(2,22-6)17(3,4)23-18-12-8-7-11-9-14(15(20)21-5)19-13(11)10-12/h7-10,19H,1-6H3. The highest BCUT2D eigenvalue weighted by Gasteiger charge is 2.37. The Balaban J connectivity index is 2.17. The van der Waals surface area contributed by atoms with Crippen LogP contribution in [0.3, 0.4) is 0 Å². The molecular weight excluding hydrogens is 293 g/mol. The molecule has 0 amide bonds. The maximum Gasteiger partial charge on any atom is 0.354 e. The molecule has 1 aromatic heterocycles. The summed E-state index contributed by atoms with van der Waals surface area (Å²) in [6.45, 7) is 7.93. The van der Waals surface area contributed by atoms with Gasteiger partial charge in [-0.3, -0.25) is 0 Å². The van der Waals surface area contributed by atoms with Crippen LogP contribution in [0.25, 0.3) is 10.9 Å². The number of hydrogen-bond acceptors (Lipinski definition) is 4. The summed E-state index contributed by atoms with van der Waals surface area (Å²) < 4.78 is 16.2. The van der Waals surface area contributed by atoms with Crippen LogP contribution < -0.4 is 5.46 Å². The predicted octanol–water partition coefficient (Wildman–Crippen LogP) is 2.42. The number of carbonyl (C=O) groups excluding carboxylic acids is 1. The predicted molar refractivity (Wildman–Crippen MR) is 91.3 cm³/mol. The van der Waals surface area contributed by atoms with E-state index < -0.39 is 11.2 Å². The van der Waals surface area contributed by atoms with Gasteiger partial charge in [0, 0.05) is 18.0 Å². The Morgan fingerprint density at radius 1 is 1.09 bits per heavy atom. The van der Waals surface area contributed by atoms with Gasteiger partial charge in [0.25, 0.3) is 0 Å². The van der Waals surface area contributed by atoms with Crippen LogP contribution in [-0.4, -0.2) is 43.9 Å². The van der Waals surface area contributed by atoms with Crippen molar-refractivity contribution in [3.05, 3.63) is 30.0 Å². The first-order valence-corrected chi connectivity index (χ1v) is 7.47. The summed E-state index contributed by atoms with van der Waals surface area (Å²) in [6.07, 6.45) is 0. The zero-order valence-electron chi connectivity index (χ0n) is 14.5. The van der Waals surface area contributed by atoms with Crippen molar-refractivity contribution in [2.45, 2.75) is 38.9 Å². The molecule has 1 N–H and O–H groups in total. The molecule has 1 radical (unpaired) electrons. The molecule has 6 heteroatoms. The van der Waals surface area contributed by atoms with E-state index in [0.29, 0.717) is 5.69 Å². The van der Waals surface area contributed by atoms with Crippen molar-refractivity contribution < 1.29 is 18.9 Å². The Labute approximate surface area is 137 Å². The second-order valence-corrected chi connectivity index (χ2v) is 6.48. The van der Waals surface area contributed by atoms with Gasteiger partial charge in [-0.2, -0.15) is 0 Å². The minimum atomic E-state index is -0.496. The lowest BCUT2D eigenvalue weighted by Crippen LogP contribution is -2.50. The smallest absolute Gasteiger partial charge is 0.354 e. The summed E-state index contributed by atoms with van der Waals surface area (Å²) in [5.41, 5.74) is 1.26. The van der Waals surface area contributed by atoms with E-state index in [-0.39, 0.29) is 5.97 Å². The van der Waals surface area contributed by atoms with Crippen molar-refractivity contribution in [2.24, 2.45) is 0 Å². The van der Waals surface area contributed by atoms with E-state index in [0.717, 1.165) is 16.4 Å². The molecule has 1 heterocycles. The number of nitrogens with one attached hydrogen (secondary N) is 1. The Kier molecular flexibility index (Phi) is 4.87. The third kappa shape index (κ3) is 3.59. The lowest BCUT2D eigenvalue weighted by Gasteiger charge is -2.40. The topological polar surface area (TPSA) is 60.6 Å². The second-order valence-electron chi connectivity index (χ2n) is 6.48. The van der Waals surface area contributed by atoms with Crippen molar-refractivity contribution in [3.63, 3.8) is 0 Å². The van der Waals surface area contributed by atoms with Gasteiger partial charge in [0.2, 0.25) is 0 Å². The number of aromatic amines is 1. The molecule has 2 aromatic rings. The van der Waals surface area contributed by atoms with E-state index >= 15 is 0 Å². The molecule has 1 aromatic carbocycles. The Morgan fingerprint density at radius 2 is 1.78 bits per heavy atom. The first-order valence-electron chi connectivity index (χ1n) is 7.47. The Morgan fingerprint density at radius 3 is 2.39 bits per heavy atom. The number of rotatable bonds is 6. The van der Waals surface area contributed by atoms with Crippen LogP contribution in [0, 0.1) is 0 Å². The number of carbonyl (C=O) groups is 1. The molecule has 2 rings (SSSR count). The van der Waals surface area contributed by atoms with E-state index in [4.69, 9.17) is 14.1 Å². The zero-order valence-corrected chi connectivity index (χ0v) is 14.5. The summed E-state index contributed by atoms with van der Waals surface area (Å²) in [5, 5.41) is 0.944. The average Bonchev–Trinajstić information content (AvgIpc) is 2.95. The van der Waals surface area contributed by atoms with Crippen LogP contribution in [0.15, 0.2) is 24.3 Å². The largest absolute Gasteiger partial charge is 0.464 e. The van der Waals surface area contributed by atoms with Crippen molar-refractivity contribution in [1.82, 2.24) is 4.98 Å². The van der Waals surface area contributed by atoms with E-state index in [2.05, 4.69) is 4.98 Å². The fourth-order valence-corrected chi connectivity index (χ4v) is 2.04. The molecule has 0 unspecified atom stereocenters. The van der Waals surface area contributed by atoms with Crippen LogP contribution in [0.1, 0.15) is 38.2 Å². The second kappa shape index (κ2) is 6.38. The van der Waals surface area contributed by atoms with Crippen LogP contribution in [-0.2, 0) is 14.1 Å². The molecule has 0 atom stereocenters. The van der Waals surface area contributed by atoms with E-state index in [1.807, 2.05) is 45.9 Å². The number of hydrogen-bond donors (Lipinski definition) is 1. The fourth-order valence-electron chi connectivity index (χ4n) is 2.04. The number of esters is 1. The lowest BCUT2D eigenvalue weighted by atomic mass is 9.82. The van der Waals surface area contributed by atoms with Gasteiger partial charge in [-0.05, 0) is 39.8 Å². The quantitative estimate of drug-likeness (QED) is 0.657. The minimum absolute atomic E-state index is 0.383. The maximum atomic E-state index is 11.6. The summed E-state index contributed by atoms with van der Waals surface area (Å²) >= 11 is 0. The van der Waals surface area contributed by atoms with Crippen molar-refractivity contribution in [3.8, 4) is 0 Å². The molecule has 0 saturated heterocycles. The third-order valence-electron chi connectivity index (χ3n) is 4.50. The Hall–Kier alpha value is -1.79. The monoisotopic (exact) mass is 316 g/mol. The highest BCUT2D eigenvalue weighted by atomic mass is 16.5. The molecular formula is C17H23BNO4. The van der Waals surface area contributed by atoms with Crippen LogP contribution >= 0.6 is 0 Å². The number of ether oxygens (including phenoxy) is 2. The maximum absolute atomic E-state index is 11.6. The molecule has 23 heavy (non-hydrogen) atoms. The van der Waals surface area contributed by atoms with Crippen molar-refractivity contribution >= 4 is 29.8 Å². The van der Waals surface area contributed by atoms with E-state index in [1.165, 1.54) is 7.11 Å². The average molecular weight is 316 g/mol. The SMILES string of the molecule is COC(=O)c1cc2ccc([B]OC(C)(C)C(C)(C)OC)cc2[nH]1. The van der Waals surface area contributed by atoms with Gasteiger partial charge in [-0.15, -0.1) is 0 Å². The van der Waals surface area contributed by atoms with Gasteiger partial charge in [-0.1, -0.05) is 17.6 Å². The summed E-state index contributed by atoms with van der Waals surface area (Å²) in [5.74, 6) is -0.383. The molecule has 0 aliphatic heterocycles. The first-order chi connectivity index (χ1) is 10.7. The van der Waals surface area contributed by atoms with Gasteiger partial charge in [-0.25, -0.2) is 4.79 Å². The Bertz CT molecular complexity index is 706.